The molecule has 6 nitrogen and oxygen atoms in total. The molecule has 0 aliphatic heterocycles. The number of H-pyrrole nitrogens is 2. The molecule has 2 heterocycles. The van der Waals surface area contributed by atoms with E-state index in [0.717, 1.165) is 21.6 Å². The van der Waals surface area contributed by atoms with Crippen LogP contribution in [0.1, 0.15) is 20.7 Å². The largest absolute Gasteiger partial charge is 0.545 e. The second-order valence-electron chi connectivity index (χ2n) is 5.89. The molecule has 0 saturated carbocycles. The molecular formula is C24H20N2O4S2. The van der Waals surface area contributed by atoms with Gasteiger partial charge in [-0.1, -0.05) is 70.1 Å². The molecule has 0 spiro atoms. The SMILES string of the molecule is O=C([O-])c1ccccc1SSc1ccccc1C(=O)[O-].c1cc[nH+]cc1.c1cc[nH+]cc1. The minimum Gasteiger partial charge on any atom is -0.545 e. The molecule has 0 aliphatic rings. The molecule has 4 rings (SSSR count). The predicted molar refractivity (Wildman–Crippen MR) is 119 cm³/mol. The molecular weight excluding hydrogens is 444 g/mol. The van der Waals surface area contributed by atoms with Crippen LogP contribution in [0.4, 0.5) is 0 Å². The zero-order chi connectivity index (χ0) is 23.0. The minimum absolute atomic E-state index is 0.0796. The Morgan fingerprint density at radius 3 is 1.12 bits per heavy atom. The molecule has 2 N–H and O–H groups in total. The van der Waals surface area contributed by atoms with Crippen molar-refractivity contribution in [2.45, 2.75) is 9.79 Å². The third-order valence-corrected chi connectivity index (χ3v) is 6.13. The summed E-state index contributed by atoms with van der Waals surface area (Å²) in [5.74, 6) is -2.52. The number of benzene rings is 2. The maximum atomic E-state index is 11.0. The molecule has 0 unspecified atom stereocenters. The van der Waals surface area contributed by atoms with Gasteiger partial charge in [-0.05, 0) is 12.1 Å². The molecule has 0 fully saturated rings. The zero-order valence-electron chi connectivity index (χ0n) is 16.8. The average Bonchev–Trinajstić information content (AvgIpc) is 2.86. The highest BCUT2D eigenvalue weighted by atomic mass is 33.1. The van der Waals surface area contributed by atoms with Crippen LogP contribution in [0.3, 0.4) is 0 Å². The maximum Gasteiger partial charge on any atom is 0.166 e. The van der Waals surface area contributed by atoms with Crippen LogP contribution < -0.4 is 20.2 Å². The van der Waals surface area contributed by atoms with Crippen molar-refractivity contribution in [1.29, 1.82) is 0 Å². The van der Waals surface area contributed by atoms with Gasteiger partial charge in [-0.25, -0.2) is 9.97 Å². The number of carbonyl (C=O) groups is 2. The third-order valence-electron chi connectivity index (χ3n) is 3.65. The van der Waals surface area contributed by atoms with E-state index in [0.29, 0.717) is 9.79 Å². The Morgan fingerprint density at radius 2 is 0.875 bits per heavy atom. The highest BCUT2D eigenvalue weighted by molar-refractivity contribution is 8.76. The molecule has 32 heavy (non-hydrogen) atoms. The lowest BCUT2D eigenvalue weighted by molar-refractivity contribution is -0.378. The molecule has 8 heteroatoms. The molecule has 4 aromatic rings. The van der Waals surface area contributed by atoms with Gasteiger partial charge in [-0.2, -0.15) is 0 Å². The Kier molecular flexibility index (Phi) is 11.1. The van der Waals surface area contributed by atoms with Crippen LogP contribution in [0.25, 0.3) is 0 Å². The van der Waals surface area contributed by atoms with Gasteiger partial charge in [0.1, 0.15) is 0 Å². The Labute approximate surface area is 193 Å². The summed E-state index contributed by atoms with van der Waals surface area (Å²) in [4.78, 5) is 28.7. The van der Waals surface area contributed by atoms with E-state index < -0.39 is 11.9 Å². The lowest BCUT2D eigenvalue weighted by Gasteiger charge is -2.11. The predicted octanol–water partition coefficient (Wildman–Crippen LogP) is 2.21. The molecule has 0 aliphatic carbocycles. The number of rotatable bonds is 5. The Hall–Kier alpha value is -3.62. The second kappa shape index (κ2) is 14.4. The summed E-state index contributed by atoms with van der Waals surface area (Å²) in [5, 5.41) is 21.9. The molecule has 0 saturated heterocycles. The van der Waals surface area contributed by atoms with Gasteiger partial charge >= 0.3 is 0 Å². The van der Waals surface area contributed by atoms with Crippen LogP contribution in [0.5, 0.6) is 0 Å². The standard InChI is InChI=1S/C14H10O4S2.2C5H5N/c15-13(16)9-5-1-3-7-11(9)19-20-12-8-4-2-6-10(12)14(17)18;2*1-2-4-6-5-3-1/h1-8H,(H,15,16)(H,17,18);2*1-5H. The van der Waals surface area contributed by atoms with Crippen LogP contribution in [-0.4, -0.2) is 11.9 Å². The fourth-order valence-corrected chi connectivity index (χ4v) is 4.53. The fourth-order valence-electron chi connectivity index (χ4n) is 2.19. The first-order chi connectivity index (χ1) is 15.6. The molecule has 0 bridgehead atoms. The summed E-state index contributed by atoms with van der Waals surface area (Å²) < 4.78 is 0. The summed E-state index contributed by atoms with van der Waals surface area (Å²) in [6.45, 7) is 0. The van der Waals surface area contributed by atoms with Crippen molar-refractivity contribution in [2.24, 2.45) is 0 Å². The summed E-state index contributed by atoms with van der Waals surface area (Å²) in [6.07, 6.45) is 7.50. The Balaban J connectivity index is 0.000000243. The summed E-state index contributed by atoms with van der Waals surface area (Å²) >= 11 is 0. The van der Waals surface area contributed by atoms with Crippen molar-refractivity contribution in [3.63, 3.8) is 0 Å². The molecule has 162 valence electrons. The lowest BCUT2D eigenvalue weighted by atomic mass is 10.2. The third kappa shape index (κ3) is 9.03. The number of carbonyl (C=O) groups excluding carboxylic acids is 2. The number of carboxylic acid groups (broad SMARTS) is 2. The van der Waals surface area contributed by atoms with Gasteiger partial charge in [0.05, 0.1) is 11.9 Å². The molecule has 0 amide bonds. The normalized spacial score (nSPS) is 9.38. The highest BCUT2D eigenvalue weighted by Gasteiger charge is 2.07. The Morgan fingerprint density at radius 1 is 0.531 bits per heavy atom. The van der Waals surface area contributed by atoms with Crippen molar-refractivity contribution in [2.75, 3.05) is 0 Å². The molecule has 2 aromatic carbocycles. The fraction of sp³-hybridized carbons (Fsp3) is 0. The van der Waals surface area contributed by atoms with Gasteiger partial charge in [0.15, 0.2) is 24.8 Å². The maximum absolute atomic E-state index is 11.0. The topological polar surface area (TPSA) is 109 Å². The van der Waals surface area contributed by atoms with Crippen LogP contribution >= 0.6 is 21.6 Å². The van der Waals surface area contributed by atoms with Crippen LogP contribution in [0, 0.1) is 0 Å². The van der Waals surface area contributed by atoms with Crippen molar-refractivity contribution in [3.05, 3.63) is 121 Å². The van der Waals surface area contributed by atoms with Crippen LogP contribution in [-0.2, 0) is 0 Å². The van der Waals surface area contributed by atoms with Crippen LogP contribution in [0.15, 0.2) is 120 Å². The van der Waals surface area contributed by atoms with Crippen molar-refractivity contribution >= 4 is 33.5 Å². The van der Waals surface area contributed by atoms with E-state index in [1.165, 1.54) is 12.1 Å². The van der Waals surface area contributed by atoms with E-state index in [1.54, 1.807) is 36.4 Å². The number of aromatic nitrogens is 2. The summed E-state index contributed by atoms with van der Waals surface area (Å²) in [6, 6.07) is 24.5. The monoisotopic (exact) mass is 464 g/mol. The van der Waals surface area contributed by atoms with Crippen LogP contribution in [0.2, 0.25) is 0 Å². The number of hydrogen-bond donors (Lipinski definition) is 0. The first kappa shape index (κ1) is 24.6. The Bertz CT molecular complexity index is 955. The van der Waals surface area contributed by atoms with Crippen molar-refractivity contribution < 1.29 is 29.8 Å². The molecule has 0 atom stereocenters. The van der Waals surface area contributed by atoms with Crippen molar-refractivity contribution in [1.82, 2.24) is 0 Å². The van der Waals surface area contributed by atoms with Crippen molar-refractivity contribution in [3.8, 4) is 0 Å². The number of hydrogen-bond acceptors (Lipinski definition) is 6. The van der Waals surface area contributed by atoms with E-state index in [9.17, 15) is 19.8 Å². The van der Waals surface area contributed by atoms with Gasteiger partial charge in [-0.15, -0.1) is 0 Å². The highest BCUT2D eigenvalue weighted by Crippen LogP contribution is 2.40. The summed E-state index contributed by atoms with van der Waals surface area (Å²) in [7, 11) is 2.33. The van der Waals surface area contributed by atoms with Gasteiger partial charge in [0.2, 0.25) is 0 Å². The quantitative estimate of drug-likeness (QED) is 0.419. The minimum atomic E-state index is -1.26. The first-order valence-corrected chi connectivity index (χ1v) is 11.5. The van der Waals surface area contributed by atoms with E-state index in [1.807, 2.05) is 61.2 Å². The number of carboxylic acids is 2. The number of aromatic amines is 2. The van der Waals surface area contributed by atoms with E-state index in [2.05, 4.69) is 9.97 Å². The smallest absolute Gasteiger partial charge is 0.166 e. The zero-order valence-corrected chi connectivity index (χ0v) is 18.5. The molecule has 2 aromatic heterocycles. The van der Waals surface area contributed by atoms with E-state index >= 15 is 0 Å². The lowest BCUT2D eigenvalue weighted by Crippen LogP contribution is -2.23. The van der Waals surface area contributed by atoms with Gasteiger partial charge in [0, 0.05) is 45.2 Å². The van der Waals surface area contributed by atoms with Gasteiger partial charge in [-0.3, -0.25) is 0 Å². The van der Waals surface area contributed by atoms with Gasteiger partial charge in [0.25, 0.3) is 0 Å². The molecule has 0 radical (unpaired) electrons. The summed E-state index contributed by atoms with van der Waals surface area (Å²) in [5.41, 5.74) is 0.159. The second-order valence-corrected chi connectivity index (χ2v) is 8.10. The first-order valence-electron chi connectivity index (χ1n) is 9.37. The number of pyridine rings is 2. The number of aromatic carboxylic acids is 2. The van der Waals surface area contributed by atoms with E-state index in [-0.39, 0.29) is 11.1 Å². The average molecular weight is 465 g/mol. The van der Waals surface area contributed by atoms with Gasteiger partial charge < -0.3 is 19.8 Å². The van der Waals surface area contributed by atoms with E-state index in [4.69, 9.17) is 0 Å². The number of nitrogens with one attached hydrogen (secondary N) is 2.